The predicted molar refractivity (Wildman–Crippen MR) is 85.0 cm³/mol. The van der Waals surface area contributed by atoms with Crippen LogP contribution in [0.25, 0.3) is 0 Å². The first-order valence-corrected chi connectivity index (χ1v) is 8.16. The van der Waals surface area contributed by atoms with E-state index in [1.54, 1.807) is 6.26 Å². The highest BCUT2D eigenvalue weighted by Crippen LogP contribution is 2.40. The Morgan fingerprint density at radius 1 is 1.00 bits per heavy atom. The molecule has 0 bridgehead atoms. The van der Waals surface area contributed by atoms with Crippen LogP contribution in [0.2, 0.25) is 0 Å². The minimum atomic E-state index is -0.0347. The normalized spacial score (nSPS) is 16.2. The van der Waals surface area contributed by atoms with E-state index in [-0.39, 0.29) is 10.8 Å². The zero-order chi connectivity index (χ0) is 16.0. The molecular weight excluding hydrogens is 276 g/mol. The molecule has 1 aliphatic carbocycles. The summed E-state index contributed by atoms with van der Waals surface area (Å²) < 4.78 is 11.2. The van der Waals surface area contributed by atoms with Gasteiger partial charge in [-0.05, 0) is 19.3 Å². The van der Waals surface area contributed by atoms with Crippen LogP contribution in [0.1, 0.15) is 83.0 Å². The van der Waals surface area contributed by atoms with E-state index in [4.69, 9.17) is 8.83 Å². The third-order valence-corrected chi connectivity index (χ3v) is 4.43. The van der Waals surface area contributed by atoms with Crippen LogP contribution in [0.15, 0.2) is 21.4 Å². The second kappa shape index (κ2) is 5.25. The van der Waals surface area contributed by atoms with E-state index in [0.29, 0.717) is 5.92 Å². The molecule has 2 heterocycles. The molecule has 120 valence electrons. The summed E-state index contributed by atoms with van der Waals surface area (Å²) in [4.78, 5) is 9.29. The third-order valence-electron chi connectivity index (χ3n) is 4.43. The van der Waals surface area contributed by atoms with Crippen molar-refractivity contribution < 1.29 is 8.83 Å². The minimum absolute atomic E-state index is 0.0303. The van der Waals surface area contributed by atoms with Crippen molar-refractivity contribution in [3.05, 3.63) is 35.7 Å². The molecule has 0 amide bonds. The van der Waals surface area contributed by atoms with Crippen LogP contribution in [-0.2, 0) is 17.3 Å². The fourth-order valence-corrected chi connectivity index (χ4v) is 2.43. The molecule has 4 heteroatoms. The lowest BCUT2D eigenvalue weighted by Crippen LogP contribution is -2.19. The van der Waals surface area contributed by atoms with Gasteiger partial charge in [0.25, 0.3) is 0 Å². The zero-order valence-electron chi connectivity index (χ0n) is 14.3. The Kier molecular flexibility index (Phi) is 3.66. The molecule has 2 aromatic heterocycles. The van der Waals surface area contributed by atoms with E-state index in [2.05, 4.69) is 44.6 Å². The zero-order valence-corrected chi connectivity index (χ0v) is 14.3. The van der Waals surface area contributed by atoms with Gasteiger partial charge in [-0.15, -0.1) is 0 Å². The molecule has 0 saturated heterocycles. The van der Waals surface area contributed by atoms with Crippen molar-refractivity contribution in [3.63, 3.8) is 0 Å². The van der Waals surface area contributed by atoms with Gasteiger partial charge in [-0.25, -0.2) is 9.97 Å². The van der Waals surface area contributed by atoms with Crippen molar-refractivity contribution in [3.8, 4) is 0 Å². The Morgan fingerprint density at radius 3 is 2.27 bits per heavy atom. The minimum Gasteiger partial charge on any atom is -0.449 e. The Balaban J connectivity index is 1.64. The lowest BCUT2D eigenvalue weighted by molar-refractivity contribution is 0.416. The molecule has 1 fully saturated rings. The van der Waals surface area contributed by atoms with Crippen LogP contribution in [0.5, 0.6) is 0 Å². The first-order chi connectivity index (χ1) is 10.3. The highest BCUT2D eigenvalue weighted by Gasteiger charge is 2.32. The van der Waals surface area contributed by atoms with Crippen LogP contribution in [0.3, 0.4) is 0 Å². The van der Waals surface area contributed by atoms with Crippen LogP contribution in [0, 0.1) is 0 Å². The van der Waals surface area contributed by atoms with Gasteiger partial charge in [-0.2, -0.15) is 0 Å². The van der Waals surface area contributed by atoms with Crippen LogP contribution in [-0.4, -0.2) is 9.97 Å². The maximum Gasteiger partial charge on any atom is 0.197 e. The lowest BCUT2D eigenvalue weighted by Gasteiger charge is -2.20. The number of hydrogen-bond acceptors (Lipinski definition) is 4. The Labute approximate surface area is 132 Å². The van der Waals surface area contributed by atoms with E-state index in [1.807, 2.05) is 6.26 Å². The third kappa shape index (κ3) is 3.26. The van der Waals surface area contributed by atoms with Gasteiger partial charge >= 0.3 is 0 Å². The van der Waals surface area contributed by atoms with Crippen LogP contribution in [0.4, 0.5) is 0 Å². The first-order valence-electron chi connectivity index (χ1n) is 8.16. The Bertz CT molecular complexity index is 642. The maximum atomic E-state index is 5.63. The lowest BCUT2D eigenvalue weighted by atomic mass is 9.85. The van der Waals surface area contributed by atoms with Crippen molar-refractivity contribution in [1.82, 2.24) is 9.97 Å². The average molecular weight is 302 g/mol. The number of aromatic nitrogens is 2. The molecule has 1 saturated carbocycles. The van der Waals surface area contributed by atoms with Crippen LogP contribution >= 0.6 is 0 Å². The largest absolute Gasteiger partial charge is 0.449 e. The monoisotopic (exact) mass is 302 g/mol. The van der Waals surface area contributed by atoms with Crippen molar-refractivity contribution in [2.75, 3.05) is 0 Å². The summed E-state index contributed by atoms with van der Waals surface area (Å²) >= 11 is 0. The van der Waals surface area contributed by atoms with Crippen molar-refractivity contribution in [1.29, 1.82) is 0 Å². The molecular formula is C18H26N2O2. The molecule has 1 aliphatic rings. The molecule has 0 N–H and O–H groups in total. The predicted octanol–water partition coefficient (Wildman–Crippen LogP) is 4.75. The van der Waals surface area contributed by atoms with Gasteiger partial charge in [0.05, 0.1) is 11.4 Å². The molecule has 2 aromatic rings. The number of nitrogens with zero attached hydrogens (tertiary/aromatic N) is 2. The molecule has 22 heavy (non-hydrogen) atoms. The van der Waals surface area contributed by atoms with Gasteiger partial charge in [0.2, 0.25) is 0 Å². The fourth-order valence-electron chi connectivity index (χ4n) is 2.43. The quantitative estimate of drug-likeness (QED) is 0.800. The fraction of sp³-hybridized carbons (Fsp3) is 0.667. The van der Waals surface area contributed by atoms with Crippen molar-refractivity contribution in [2.45, 2.75) is 77.0 Å². The van der Waals surface area contributed by atoms with Crippen LogP contribution < -0.4 is 0 Å². The van der Waals surface area contributed by atoms with E-state index in [9.17, 15) is 0 Å². The van der Waals surface area contributed by atoms with E-state index < -0.39 is 0 Å². The van der Waals surface area contributed by atoms with E-state index in [1.165, 1.54) is 12.8 Å². The number of aryl methyl sites for hydroxylation is 1. The van der Waals surface area contributed by atoms with Gasteiger partial charge < -0.3 is 8.83 Å². The molecule has 0 aromatic carbocycles. The maximum absolute atomic E-state index is 5.63. The smallest absolute Gasteiger partial charge is 0.197 e. The molecule has 0 aliphatic heterocycles. The Hall–Kier alpha value is -1.58. The molecule has 0 atom stereocenters. The SMILES string of the molecule is CC(C)(C)c1coc(CCC(C)(C)c2coc(C3CC3)n2)n1. The summed E-state index contributed by atoms with van der Waals surface area (Å²) in [6.07, 6.45) is 7.79. The second-order valence-electron chi connectivity index (χ2n) is 8.11. The first kappa shape index (κ1) is 15.3. The summed E-state index contributed by atoms with van der Waals surface area (Å²) in [5.74, 6) is 2.28. The topological polar surface area (TPSA) is 52.1 Å². The molecule has 0 spiro atoms. The molecule has 0 unspecified atom stereocenters. The number of hydrogen-bond donors (Lipinski definition) is 0. The van der Waals surface area contributed by atoms with Crippen molar-refractivity contribution in [2.24, 2.45) is 0 Å². The summed E-state index contributed by atoms with van der Waals surface area (Å²) in [6.45, 7) is 10.8. The van der Waals surface area contributed by atoms with Crippen molar-refractivity contribution >= 4 is 0 Å². The van der Waals surface area contributed by atoms with E-state index >= 15 is 0 Å². The van der Waals surface area contributed by atoms with Gasteiger partial charge in [-0.3, -0.25) is 0 Å². The highest BCUT2D eigenvalue weighted by atomic mass is 16.3. The molecule has 3 rings (SSSR count). The van der Waals surface area contributed by atoms with Gasteiger partial charge in [0, 0.05) is 23.2 Å². The molecule has 0 radical (unpaired) electrons. The second-order valence-corrected chi connectivity index (χ2v) is 8.11. The number of rotatable bonds is 5. The van der Waals surface area contributed by atoms with Gasteiger partial charge in [0.1, 0.15) is 12.5 Å². The van der Waals surface area contributed by atoms with E-state index in [0.717, 1.165) is 36.0 Å². The van der Waals surface area contributed by atoms with Gasteiger partial charge in [-0.1, -0.05) is 34.6 Å². The summed E-state index contributed by atoms with van der Waals surface area (Å²) in [5.41, 5.74) is 2.05. The number of oxazole rings is 2. The summed E-state index contributed by atoms with van der Waals surface area (Å²) in [6, 6.07) is 0. The molecule has 4 nitrogen and oxygen atoms in total. The van der Waals surface area contributed by atoms with Gasteiger partial charge in [0.15, 0.2) is 11.8 Å². The average Bonchev–Trinajstić information content (AvgIpc) is 2.97. The highest BCUT2D eigenvalue weighted by molar-refractivity contribution is 5.15. The standard InChI is InChI=1S/C18H26N2O2/c1-17(2,3)13-10-21-15(19-13)8-9-18(4,5)14-11-22-16(20-14)12-6-7-12/h10-12H,6-9H2,1-5H3. The Morgan fingerprint density at radius 2 is 1.68 bits per heavy atom. The summed E-state index contributed by atoms with van der Waals surface area (Å²) in [5, 5.41) is 0. The summed E-state index contributed by atoms with van der Waals surface area (Å²) in [7, 11) is 0.